The van der Waals surface area contributed by atoms with Gasteiger partial charge in [0.05, 0.1) is 25.5 Å². The highest BCUT2D eigenvalue weighted by Gasteiger charge is 1.98. The highest BCUT2D eigenvalue weighted by Crippen LogP contribution is 2.11. The smallest absolute Gasteiger partial charge is 0.122 e. The number of aromatic nitrogens is 1. The Balaban J connectivity index is 2.14. The molecule has 0 amide bonds. The summed E-state index contributed by atoms with van der Waals surface area (Å²) in [5.41, 5.74) is 1.01. The van der Waals surface area contributed by atoms with Crippen LogP contribution in [0.2, 0.25) is 0 Å². The van der Waals surface area contributed by atoms with Crippen LogP contribution in [0.1, 0.15) is 25.5 Å². The van der Waals surface area contributed by atoms with E-state index in [4.69, 9.17) is 14.2 Å². The molecule has 0 spiro atoms. The molecule has 0 saturated carbocycles. The van der Waals surface area contributed by atoms with Gasteiger partial charge in [-0.25, -0.2) is 0 Å². The average Bonchev–Trinajstić information content (AvgIpc) is 2.47. The van der Waals surface area contributed by atoms with Crippen LogP contribution in [0.25, 0.3) is 0 Å². The SMILES string of the molecule is CCCNCc1cc(OCCCOCCOC)ccn1. The Labute approximate surface area is 121 Å². The maximum atomic E-state index is 5.68. The fraction of sp³-hybridized carbons (Fsp3) is 0.667. The molecule has 0 aliphatic rings. The zero-order chi connectivity index (χ0) is 14.5. The van der Waals surface area contributed by atoms with E-state index in [1.807, 2.05) is 12.1 Å². The first-order valence-corrected chi connectivity index (χ1v) is 7.22. The van der Waals surface area contributed by atoms with Crippen molar-refractivity contribution in [3.8, 4) is 5.75 Å². The van der Waals surface area contributed by atoms with Gasteiger partial charge in [-0.05, 0) is 19.0 Å². The van der Waals surface area contributed by atoms with Gasteiger partial charge in [0, 0.05) is 38.9 Å². The van der Waals surface area contributed by atoms with Crippen LogP contribution in [0.4, 0.5) is 0 Å². The molecule has 0 atom stereocenters. The summed E-state index contributed by atoms with van der Waals surface area (Å²) in [6.07, 6.45) is 3.78. The van der Waals surface area contributed by atoms with E-state index >= 15 is 0 Å². The van der Waals surface area contributed by atoms with Crippen molar-refractivity contribution in [3.63, 3.8) is 0 Å². The number of nitrogens with zero attached hydrogens (tertiary/aromatic N) is 1. The number of pyridine rings is 1. The van der Waals surface area contributed by atoms with Crippen LogP contribution in [0.3, 0.4) is 0 Å². The van der Waals surface area contributed by atoms with E-state index in [0.29, 0.717) is 26.4 Å². The van der Waals surface area contributed by atoms with Crippen LogP contribution < -0.4 is 10.1 Å². The van der Waals surface area contributed by atoms with Crippen LogP contribution >= 0.6 is 0 Å². The van der Waals surface area contributed by atoms with E-state index in [2.05, 4.69) is 17.2 Å². The first-order valence-electron chi connectivity index (χ1n) is 7.22. The summed E-state index contributed by atoms with van der Waals surface area (Å²) in [5.74, 6) is 0.866. The van der Waals surface area contributed by atoms with Crippen LogP contribution in [-0.2, 0) is 16.0 Å². The second kappa shape index (κ2) is 11.6. The molecule has 1 N–H and O–H groups in total. The number of hydrogen-bond acceptors (Lipinski definition) is 5. The van der Waals surface area contributed by atoms with E-state index < -0.39 is 0 Å². The zero-order valence-electron chi connectivity index (χ0n) is 12.6. The summed E-state index contributed by atoms with van der Waals surface area (Å²) >= 11 is 0. The lowest BCUT2D eigenvalue weighted by atomic mass is 10.3. The molecule has 0 aliphatic carbocycles. The van der Waals surface area contributed by atoms with Crippen LogP contribution in [-0.4, -0.2) is 45.1 Å². The normalized spacial score (nSPS) is 10.7. The average molecular weight is 282 g/mol. The largest absolute Gasteiger partial charge is 0.493 e. The molecule has 0 fully saturated rings. The van der Waals surface area contributed by atoms with Gasteiger partial charge in [-0.3, -0.25) is 4.98 Å². The van der Waals surface area contributed by atoms with E-state index in [0.717, 1.165) is 37.4 Å². The summed E-state index contributed by atoms with van der Waals surface area (Å²) in [5, 5.41) is 3.32. The fourth-order valence-electron chi connectivity index (χ4n) is 1.63. The van der Waals surface area contributed by atoms with Gasteiger partial charge in [0.1, 0.15) is 5.75 Å². The standard InChI is InChI=1S/C15H26N2O3/c1-3-6-16-13-14-12-15(5-7-17-14)20-9-4-8-19-11-10-18-2/h5,7,12,16H,3-4,6,8-11,13H2,1-2H3. The van der Waals surface area contributed by atoms with Gasteiger partial charge in [-0.2, -0.15) is 0 Å². The lowest BCUT2D eigenvalue weighted by Crippen LogP contribution is -2.14. The molecular formula is C15H26N2O3. The Morgan fingerprint density at radius 1 is 1.20 bits per heavy atom. The van der Waals surface area contributed by atoms with Gasteiger partial charge >= 0.3 is 0 Å². The molecule has 20 heavy (non-hydrogen) atoms. The first-order chi connectivity index (χ1) is 9.86. The molecule has 1 aromatic rings. The number of ether oxygens (including phenoxy) is 3. The summed E-state index contributed by atoms with van der Waals surface area (Å²) in [4.78, 5) is 4.31. The van der Waals surface area contributed by atoms with E-state index in [1.54, 1.807) is 13.3 Å². The van der Waals surface area contributed by atoms with Crippen LogP contribution in [0.15, 0.2) is 18.3 Å². The van der Waals surface area contributed by atoms with Gasteiger partial charge in [-0.15, -0.1) is 0 Å². The Morgan fingerprint density at radius 2 is 2.10 bits per heavy atom. The monoisotopic (exact) mass is 282 g/mol. The van der Waals surface area contributed by atoms with Crippen molar-refractivity contribution in [3.05, 3.63) is 24.0 Å². The molecule has 5 nitrogen and oxygen atoms in total. The molecule has 114 valence electrons. The Hall–Kier alpha value is -1.17. The second-order valence-corrected chi connectivity index (χ2v) is 4.47. The van der Waals surface area contributed by atoms with E-state index in [1.165, 1.54) is 0 Å². The van der Waals surface area contributed by atoms with Gasteiger partial charge < -0.3 is 19.5 Å². The van der Waals surface area contributed by atoms with Crippen LogP contribution in [0, 0.1) is 0 Å². The Kier molecular flexibility index (Phi) is 9.83. The van der Waals surface area contributed by atoms with Crippen LogP contribution in [0.5, 0.6) is 5.75 Å². The molecule has 0 unspecified atom stereocenters. The lowest BCUT2D eigenvalue weighted by molar-refractivity contribution is 0.0644. The molecule has 0 aromatic carbocycles. The third-order valence-electron chi connectivity index (χ3n) is 2.65. The Bertz CT molecular complexity index is 348. The minimum absolute atomic E-state index is 0.638. The van der Waals surface area contributed by atoms with Crippen molar-refractivity contribution >= 4 is 0 Å². The van der Waals surface area contributed by atoms with Gasteiger partial charge in [0.2, 0.25) is 0 Å². The highest BCUT2D eigenvalue weighted by molar-refractivity contribution is 5.22. The molecule has 0 radical (unpaired) electrons. The second-order valence-electron chi connectivity index (χ2n) is 4.47. The van der Waals surface area contributed by atoms with Crippen molar-refractivity contribution in [1.29, 1.82) is 0 Å². The molecule has 0 saturated heterocycles. The molecular weight excluding hydrogens is 256 g/mol. The van der Waals surface area contributed by atoms with Crippen molar-refractivity contribution in [2.45, 2.75) is 26.3 Å². The zero-order valence-corrected chi connectivity index (χ0v) is 12.6. The van der Waals surface area contributed by atoms with Crippen molar-refractivity contribution in [2.75, 3.05) is 40.1 Å². The number of hydrogen-bond donors (Lipinski definition) is 1. The summed E-state index contributed by atoms with van der Waals surface area (Å²) < 4.78 is 16.0. The van der Waals surface area contributed by atoms with Gasteiger partial charge in [0.15, 0.2) is 0 Å². The predicted molar refractivity (Wildman–Crippen MR) is 79.0 cm³/mol. The van der Waals surface area contributed by atoms with Crippen molar-refractivity contribution in [2.24, 2.45) is 0 Å². The quantitative estimate of drug-likeness (QED) is 0.594. The molecule has 0 bridgehead atoms. The van der Waals surface area contributed by atoms with Crippen molar-refractivity contribution < 1.29 is 14.2 Å². The summed E-state index contributed by atoms with van der Waals surface area (Å²) in [6.45, 7) is 6.56. The molecule has 5 heteroatoms. The third kappa shape index (κ3) is 8.09. The molecule has 1 rings (SSSR count). The first kappa shape index (κ1) is 16.9. The molecule has 0 aliphatic heterocycles. The highest BCUT2D eigenvalue weighted by atomic mass is 16.5. The van der Waals surface area contributed by atoms with Crippen molar-refractivity contribution in [1.82, 2.24) is 10.3 Å². The molecule has 1 heterocycles. The summed E-state index contributed by atoms with van der Waals surface area (Å²) in [6, 6.07) is 3.86. The maximum Gasteiger partial charge on any atom is 0.122 e. The fourth-order valence-corrected chi connectivity index (χ4v) is 1.63. The van der Waals surface area contributed by atoms with Gasteiger partial charge in [-0.1, -0.05) is 6.92 Å². The third-order valence-corrected chi connectivity index (χ3v) is 2.65. The number of nitrogens with one attached hydrogen (secondary N) is 1. The molecule has 1 aromatic heterocycles. The number of rotatable bonds is 12. The predicted octanol–water partition coefficient (Wildman–Crippen LogP) is 2.01. The maximum absolute atomic E-state index is 5.68. The number of methoxy groups -OCH3 is 1. The van der Waals surface area contributed by atoms with E-state index in [9.17, 15) is 0 Å². The Morgan fingerprint density at radius 3 is 2.90 bits per heavy atom. The van der Waals surface area contributed by atoms with Gasteiger partial charge in [0.25, 0.3) is 0 Å². The minimum atomic E-state index is 0.638. The lowest BCUT2D eigenvalue weighted by Gasteiger charge is -2.08. The topological polar surface area (TPSA) is 52.6 Å². The minimum Gasteiger partial charge on any atom is -0.493 e. The van der Waals surface area contributed by atoms with E-state index in [-0.39, 0.29) is 0 Å². The summed E-state index contributed by atoms with van der Waals surface area (Å²) in [7, 11) is 1.67.